The first-order chi connectivity index (χ1) is 15.9. The Morgan fingerprint density at radius 2 is 1.70 bits per heavy atom. The standard InChI is InChI=1S/C23H12Cl2F2N4O2/c24-14-7-4-8-17(18(14)27)31-20(13-9-10-16(26)15(25)11-13)19(22-29-30-23(32)33-22)28-21(31)12-5-2-1-3-6-12/h1-11H,(H,30,32). The number of nitrogens with zero attached hydrogens (tertiary/aromatic N) is 3. The highest BCUT2D eigenvalue weighted by Crippen LogP contribution is 2.39. The molecule has 33 heavy (non-hydrogen) atoms. The summed E-state index contributed by atoms with van der Waals surface area (Å²) in [7, 11) is 0. The fraction of sp³-hybridized carbons (Fsp3) is 0. The molecule has 0 saturated heterocycles. The van der Waals surface area contributed by atoms with Crippen molar-refractivity contribution in [3.8, 4) is 39.9 Å². The molecule has 2 heterocycles. The van der Waals surface area contributed by atoms with Crippen LogP contribution in [0, 0.1) is 11.6 Å². The van der Waals surface area contributed by atoms with Crippen molar-refractivity contribution in [1.29, 1.82) is 0 Å². The number of imidazole rings is 1. The Morgan fingerprint density at radius 1 is 0.909 bits per heavy atom. The van der Waals surface area contributed by atoms with E-state index in [1.54, 1.807) is 30.3 Å². The lowest BCUT2D eigenvalue weighted by Gasteiger charge is -2.15. The molecule has 164 valence electrons. The van der Waals surface area contributed by atoms with E-state index in [1.165, 1.54) is 34.9 Å². The summed E-state index contributed by atoms with van der Waals surface area (Å²) in [5.74, 6) is -1.94. The smallest absolute Gasteiger partial charge is 0.386 e. The Bertz CT molecular complexity index is 1540. The Labute approximate surface area is 195 Å². The second-order valence-electron chi connectivity index (χ2n) is 6.95. The van der Waals surface area contributed by atoms with E-state index in [9.17, 15) is 9.18 Å². The Kier molecular flexibility index (Phi) is 5.32. The molecule has 0 aliphatic heterocycles. The lowest BCUT2D eigenvalue weighted by molar-refractivity contribution is 0.525. The minimum Gasteiger partial charge on any atom is -0.386 e. The van der Waals surface area contributed by atoms with Crippen LogP contribution >= 0.6 is 23.2 Å². The van der Waals surface area contributed by atoms with Gasteiger partial charge in [-0.05, 0) is 30.3 Å². The predicted octanol–water partition coefficient (Wildman–Crippen LogP) is 6.13. The third kappa shape index (κ3) is 3.73. The zero-order chi connectivity index (χ0) is 23.1. The van der Waals surface area contributed by atoms with Crippen LogP contribution in [0.3, 0.4) is 0 Å². The van der Waals surface area contributed by atoms with Gasteiger partial charge in [0.2, 0.25) is 0 Å². The Morgan fingerprint density at radius 3 is 2.39 bits per heavy atom. The second kappa shape index (κ2) is 8.31. The van der Waals surface area contributed by atoms with E-state index < -0.39 is 17.4 Å². The zero-order valence-electron chi connectivity index (χ0n) is 16.5. The summed E-state index contributed by atoms with van der Waals surface area (Å²) >= 11 is 12.1. The first kappa shape index (κ1) is 21.1. The summed E-state index contributed by atoms with van der Waals surface area (Å²) in [6, 6.07) is 17.5. The average Bonchev–Trinajstić information content (AvgIpc) is 3.42. The molecule has 0 fully saturated rings. The maximum atomic E-state index is 15.3. The number of hydrogen-bond acceptors (Lipinski definition) is 4. The van der Waals surface area contributed by atoms with Gasteiger partial charge in [-0.3, -0.25) is 4.57 Å². The molecule has 0 aliphatic carbocycles. The van der Waals surface area contributed by atoms with Crippen molar-refractivity contribution in [1.82, 2.24) is 19.7 Å². The van der Waals surface area contributed by atoms with Crippen LogP contribution in [0.4, 0.5) is 8.78 Å². The Balaban J connectivity index is 1.94. The van der Waals surface area contributed by atoms with Crippen LogP contribution in [-0.2, 0) is 0 Å². The van der Waals surface area contributed by atoms with E-state index in [4.69, 9.17) is 27.6 Å². The van der Waals surface area contributed by atoms with Gasteiger partial charge < -0.3 is 4.42 Å². The number of rotatable bonds is 4. The van der Waals surface area contributed by atoms with Crippen molar-refractivity contribution >= 4 is 23.2 Å². The van der Waals surface area contributed by atoms with Crippen LogP contribution < -0.4 is 5.76 Å². The third-order valence-corrected chi connectivity index (χ3v) is 5.50. The molecule has 3 aromatic carbocycles. The van der Waals surface area contributed by atoms with Gasteiger partial charge in [-0.1, -0.05) is 59.6 Å². The molecule has 0 amide bonds. The van der Waals surface area contributed by atoms with Gasteiger partial charge in [-0.25, -0.2) is 23.7 Å². The molecule has 0 atom stereocenters. The SMILES string of the molecule is O=c1[nH]nc(-c2nc(-c3ccccc3)n(-c3cccc(Cl)c3F)c2-c2ccc(F)c(Cl)c2)o1. The molecule has 0 saturated carbocycles. The Hall–Kier alpha value is -3.75. The lowest BCUT2D eigenvalue weighted by atomic mass is 10.1. The molecule has 10 heteroatoms. The number of H-pyrrole nitrogens is 1. The molecule has 5 rings (SSSR count). The largest absolute Gasteiger partial charge is 0.434 e. The van der Waals surface area contributed by atoms with Gasteiger partial charge in [-0.2, -0.15) is 0 Å². The number of benzene rings is 3. The maximum absolute atomic E-state index is 15.3. The van der Waals surface area contributed by atoms with Crippen molar-refractivity contribution < 1.29 is 13.2 Å². The van der Waals surface area contributed by atoms with Gasteiger partial charge in [-0.15, -0.1) is 5.10 Å². The fourth-order valence-electron chi connectivity index (χ4n) is 3.49. The molecular weight excluding hydrogens is 473 g/mol. The summed E-state index contributed by atoms with van der Waals surface area (Å²) in [6.45, 7) is 0. The number of aromatic nitrogens is 4. The normalized spacial score (nSPS) is 11.2. The molecule has 5 aromatic rings. The summed E-state index contributed by atoms with van der Waals surface area (Å²) in [5, 5.41) is 5.83. The fourth-order valence-corrected chi connectivity index (χ4v) is 3.84. The zero-order valence-corrected chi connectivity index (χ0v) is 18.0. The van der Waals surface area contributed by atoms with Crippen LogP contribution in [0.15, 0.2) is 75.9 Å². The number of aromatic amines is 1. The predicted molar refractivity (Wildman–Crippen MR) is 120 cm³/mol. The number of nitrogens with one attached hydrogen (secondary N) is 1. The maximum Gasteiger partial charge on any atom is 0.434 e. The van der Waals surface area contributed by atoms with E-state index in [0.717, 1.165) is 0 Å². The quantitative estimate of drug-likeness (QED) is 0.332. The average molecular weight is 485 g/mol. The van der Waals surface area contributed by atoms with Gasteiger partial charge >= 0.3 is 5.76 Å². The van der Waals surface area contributed by atoms with Gasteiger partial charge in [0.05, 0.1) is 21.4 Å². The highest BCUT2D eigenvalue weighted by atomic mass is 35.5. The summed E-state index contributed by atoms with van der Waals surface area (Å²) < 4.78 is 35.9. The van der Waals surface area contributed by atoms with E-state index >= 15 is 4.39 Å². The highest BCUT2D eigenvalue weighted by Gasteiger charge is 2.27. The van der Waals surface area contributed by atoms with E-state index in [1.807, 2.05) is 6.07 Å². The second-order valence-corrected chi connectivity index (χ2v) is 7.77. The van der Waals surface area contributed by atoms with E-state index in [0.29, 0.717) is 17.0 Å². The van der Waals surface area contributed by atoms with Gasteiger partial charge in [0, 0.05) is 11.1 Å². The third-order valence-electron chi connectivity index (χ3n) is 4.92. The van der Waals surface area contributed by atoms with Crippen molar-refractivity contribution in [2.24, 2.45) is 0 Å². The van der Waals surface area contributed by atoms with Crippen molar-refractivity contribution in [2.75, 3.05) is 0 Å². The minimum absolute atomic E-state index is 0.0773. The van der Waals surface area contributed by atoms with Gasteiger partial charge in [0.1, 0.15) is 11.6 Å². The molecule has 0 bridgehead atoms. The highest BCUT2D eigenvalue weighted by molar-refractivity contribution is 6.31. The molecule has 0 unspecified atom stereocenters. The minimum atomic E-state index is -0.794. The summed E-state index contributed by atoms with van der Waals surface area (Å²) in [6.07, 6.45) is 0. The van der Waals surface area contributed by atoms with Crippen molar-refractivity contribution in [3.63, 3.8) is 0 Å². The van der Waals surface area contributed by atoms with E-state index in [2.05, 4.69) is 15.2 Å². The molecule has 0 spiro atoms. The molecule has 1 N–H and O–H groups in total. The van der Waals surface area contributed by atoms with E-state index in [-0.39, 0.29) is 33.0 Å². The first-order valence-corrected chi connectivity index (χ1v) is 10.3. The molecule has 0 radical (unpaired) electrons. The van der Waals surface area contributed by atoms with Crippen LogP contribution in [0.5, 0.6) is 0 Å². The van der Waals surface area contributed by atoms with Crippen molar-refractivity contribution in [2.45, 2.75) is 0 Å². The topological polar surface area (TPSA) is 76.7 Å². The molecule has 0 aliphatic rings. The monoisotopic (exact) mass is 484 g/mol. The number of hydrogen-bond donors (Lipinski definition) is 1. The first-order valence-electron chi connectivity index (χ1n) is 9.58. The molecule has 6 nitrogen and oxygen atoms in total. The van der Waals surface area contributed by atoms with Crippen LogP contribution in [0.1, 0.15) is 0 Å². The number of halogens is 4. The van der Waals surface area contributed by atoms with Gasteiger partial charge in [0.15, 0.2) is 11.5 Å². The molecule has 2 aromatic heterocycles. The van der Waals surface area contributed by atoms with Crippen LogP contribution in [-0.4, -0.2) is 19.7 Å². The molecular formula is C23H12Cl2F2N4O2. The summed E-state index contributed by atoms with van der Waals surface area (Å²) in [5.41, 5.74) is 1.49. The lowest BCUT2D eigenvalue weighted by Crippen LogP contribution is -2.03. The van der Waals surface area contributed by atoms with Crippen molar-refractivity contribution in [3.05, 3.63) is 99.0 Å². The van der Waals surface area contributed by atoms with Gasteiger partial charge in [0.25, 0.3) is 5.89 Å². The van der Waals surface area contributed by atoms with Crippen LogP contribution in [0.2, 0.25) is 10.0 Å². The summed E-state index contributed by atoms with van der Waals surface area (Å²) in [4.78, 5) is 16.3. The van der Waals surface area contributed by atoms with Crippen LogP contribution in [0.25, 0.3) is 39.9 Å².